The largest absolute Gasteiger partial charge is 0.467 e. The van der Waals surface area contributed by atoms with E-state index in [4.69, 9.17) is 13.7 Å². The SMILES string of the molecule is CSCc1noc(-c2coc(CN3CCOCC3)c2)n1. The zero-order chi connectivity index (χ0) is 13.8. The smallest absolute Gasteiger partial charge is 0.261 e. The first kappa shape index (κ1) is 13.7. The van der Waals surface area contributed by atoms with Gasteiger partial charge in [0.15, 0.2) is 5.82 Å². The summed E-state index contributed by atoms with van der Waals surface area (Å²) in [7, 11) is 0. The second-order valence-electron chi connectivity index (χ2n) is 4.64. The fourth-order valence-corrected chi connectivity index (χ4v) is 2.49. The lowest BCUT2D eigenvalue weighted by atomic mass is 10.3. The van der Waals surface area contributed by atoms with E-state index in [2.05, 4.69) is 15.0 Å². The summed E-state index contributed by atoms with van der Waals surface area (Å²) in [6.07, 6.45) is 3.68. The molecule has 1 aliphatic heterocycles. The lowest BCUT2D eigenvalue weighted by Crippen LogP contribution is -2.35. The molecule has 6 nitrogen and oxygen atoms in total. The van der Waals surface area contributed by atoms with E-state index in [1.54, 1.807) is 18.0 Å². The Balaban J connectivity index is 1.65. The second kappa shape index (κ2) is 6.43. The second-order valence-corrected chi connectivity index (χ2v) is 5.51. The highest BCUT2D eigenvalue weighted by Gasteiger charge is 2.15. The van der Waals surface area contributed by atoms with Crippen molar-refractivity contribution >= 4 is 11.8 Å². The molecule has 7 heteroatoms. The van der Waals surface area contributed by atoms with Crippen LogP contribution in [0.5, 0.6) is 0 Å². The number of rotatable bonds is 5. The van der Waals surface area contributed by atoms with Crippen molar-refractivity contribution in [2.45, 2.75) is 12.3 Å². The lowest BCUT2D eigenvalue weighted by Gasteiger charge is -2.25. The molecule has 3 heterocycles. The number of hydrogen-bond acceptors (Lipinski definition) is 7. The summed E-state index contributed by atoms with van der Waals surface area (Å²) in [4.78, 5) is 6.64. The fraction of sp³-hybridized carbons (Fsp3) is 0.538. The molecular weight excluding hydrogens is 278 g/mol. The van der Waals surface area contributed by atoms with Crippen molar-refractivity contribution in [3.8, 4) is 11.5 Å². The molecule has 0 aromatic carbocycles. The van der Waals surface area contributed by atoms with E-state index in [0.717, 1.165) is 49.9 Å². The maximum Gasteiger partial charge on any atom is 0.261 e. The van der Waals surface area contributed by atoms with E-state index in [1.807, 2.05) is 12.3 Å². The molecule has 1 aliphatic rings. The molecule has 0 atom stereocenters. The standard InChI is InChI=1S/C13H17N3O3S/c1-20-9-12-14-13(19-15-12)10-6-11(18-8-10)7-16-2-4-17-5-3-16/h6,8H,2-5,7,9H2,1H3. The van der Waals surface area contributed by atoms with E-state index in [-0.39, 0.29) is 0 Å². The average molecular weight is 295 g/mol. The molecule has 20 heavy (non-hydrogen) atoms. The molecule has 0 N–H and O–H groups in total. The van der Waals surface area contributed by atoms with Gasteiger partial charge in [0.05, 0.1) is 31.1 Å². The molecule has 1 saturated heterocycles. The lowest BCUT2D eigenvalue weighted by molar-refractivity contribution is 0.0313. The van der Waals surface area contributed by atoms with E-state index in [1.165, 1.54) is 0 Å². The number of furan rings is 1. The van der Waals surface area contributed by atoms with Gasteiger partial charge < -0.3 is 13.7 Å². The molecule has 0 aliphatic carbocycles. The van der Waals surface area contributed by atoms with Crippen molar-refractivity contribution in [3.63, 3.8) is 0 Å². The Hall–Kier alpha value is -1.31. The minimum Gasteiger partial charge on any atom is -0.467 e. The summed E-state index contributed by atoms with van der Waals surface area (Å²) >= 11 is 1.66. The van der Waals surface area contributed by atoms with E-state index in [9.17, 15) is 0 Å². The van der Waals surface area contributed by atoms with Gasteiger partial charge in [-0.25, -0.2) is 0 Å². The van der Waals surface area contributed by atoms with Crippen LogP contribution in [-0.2, 0) is 17.0 Å². The van der Waals surface area contributed by atoms with Crippen LogP contribution in [0.2, 0.25) is 0 Å². The number of hydrogen-bond donors (Lipinski definition) is 0. The van der Waals surface area contributed by atoms with Crippen LogP contribution in [0.25, 0.3) is 11.5 Å². The predicted octanol–water partition coefficient (Wildman–Crippen LogP) is 2.02. The molecule has 0 spiro atoms. The monoisotopic (exact) mass is 295 g/mol. The Morgan fingerprint density at radius 1 is 1.35 bits per heavy atom. The third kappa shape index (κ3) is 3.23. The van der Waals surface area contributed by atoms with Crippen LogP contribution in [0.1, 0.15) is 11.6 Å². The predicted molar refractivity (Wildman–Crippen MR) is 75.3 cm³/mol. The first-order valence-electron chi connectivity index (χ1n) is 6.54. The van der Waals surface area contributed by atoms with Gasteiger partial charge in [-0.05, 0) is 12.3 Å². The Labute approximate surface area is 121 Å². The molecule has 3 rings (SSSR count). The zero-order valence-electron chi connectivity index (χ0n) is 11.4. The molecule has 1 fully saturated rings. The number of morpholine rings is 1. The van der Waals surface area contributed by atoms with Gasteiger partial charge in [-0.3, -0.25) is 4.90 Å². The molecular formula is C13H17N3O3S. The summed E-state index contributed by atoms with van der Waals surface area (Å²) < 4.78 is 16.1. The van der Waals surface area contributed by atoms with Crippen molar-refractivity contribution in [2.75, 3.05) is 32.6 Å². The van der Waals surface area contributed by atoms with Crippen LogP contribution in [0, 0.1) is 0 Å². The Morgan fingerprint density at radius 3 is 3.00 bits per heavy atom. The Bertz CT molecular complexity index is 549. The summed E-state index contributed by atoms with van der Waals surface area (Å²) in [6, 6.07) is 1.96. The fourth-order valence-electron chi connectivity index (χ4n) is 2.11. The van der Waals surface area contributed by atoms with Crippen LogP contribution in [0.15, 0.2) is 21.3 Å². The number of aromatic nitrogens is 2. The molecule has 0 amide bonds. The third-order valence-electron chi connectivity index (χ3n) is 3.13. The van der Waals surface area contributed by atoms with Crippen molar-refractivity contribution in [2.24, 2.45) is 0 Å². The summed E-state index contributed by atoms with van der Waals surface area (Å²) in [6.45, 7) is 4.24. The Kier molecular flexibility index (Phi) is 4.39. The number of nitrogens with zero attached hydrogens (tertiary/aromatic N) is 3. The molecule has 0 unspecified atom stereocenters. The van der Waals surface area contributed by atoms with Gasteiger partial charge in [-0.15, -0.1) is 0 Å². The molecule has 0 saturated carbocycles. The normalized spacial score (nSPS) is 16.6. The van der Waals surface area contributed by atoms with Gasteiger partial charge in [0.25, 0.3) is 5.89 Å². The minimum atomic E-state index is 0.519. The molecule has 0 radical (unpaired) electrons. The minimum absolute atomic E-state index is 0.519. The van der Waals surface area contributed by atoms with Crippen LogP contribution in [0.4, 0.5) is 0 Å². The maximum absolute atomic E-state index is 5.58. The van der Waals surface area contributed by atoms with Crippen molar-refractivity contribution < 1.29 is 13.7 Å². The van der Waals surface area contributed by atoms with Gasteiger partial charge in [-0.1, -0.05) is 5.16 Å². The Morgan fingerprint density at radius 2 is 2.20 bits per heavy atom. The highest BCUT2D eigenvalue weighted by Crippen LogP contribution is 2.22. The van der Waals surface area contributed by atoms with Gasteiger partial charge >= 0.3 is 0 Å². The van der Waals surface area contributed by atoms with E-state index < -0.39 is 0 Å². The van der Waals surface area contributed by atoms with Crippen molar-refractivity contribution in [1.82, 2.24) is 15.0 Å². The van der Waals surface area contributed by atoms with Crippen LogP contribution < -0.4 is 0 Å². The third-order valence-corrected chi connectivity index (χ3v) is 3.67. The average Bonchev–Trinajstić information content (AvgIpc) is 3.10. The van der Waals surface area contributed by atoms with Gasteiger partial charge in [0, 0.05) is 13.1 Å². The van der Waals surface area contributed by atoms with Gasteiger partial charge in [0.1, 0.15) is 12.0 Å². The molecule has 2 aromatic heterocycles. The topological polar surface area (TPSA) is 64.5 Å². The maximum atomic E-state index is 5.58. The summed E-state index contributed by atoms with van der Waals surface area (Å²) in [5.74, 6) is 2.89. The molecule has 0 bridgehead atoms. The van der Waals surface area contributed by atoms with Crippen LogP contribution in [0.3, 0.4) is 0 Å². The summed E-state index contributed by atoms with van der Waals surface area (Å²) in [5, 5.41) is 3.93. The van der Waals surface area contributed by atoms with Crippen LogP contribution in [-0.4, -0.2) is 47.6 Å². The molecule has 108 valence electrons. The highest BCUT2D eigenvalue weighted by atomic mass is 32.2. The zero-order valence-corrected chi connectivity index (χ0v) is 12.2. The quantitative estimate of drug-likeness (QED) is 0.836. The van der Waals surface area contributed by atoms with Crippen molar-refractivity contribution in [1.29, 1.82) is 0 Å². The van der Waals surface area contributed by atoms with Gasteiger partial charge in [-0.2, -0.15) is 16.7 Å². The molecule has 2 aromatic rings. The van der Waals surface area contributed by atoms with E-state index in [0.29, 0.717) is 11.7 Å². The number of thioether (sulfide) groups is 1. The van der Waals surface area contributed by atoms with Crippen LogP contribution >= 0.6 is 11.8 Å². The first-order valence-corrected chi connectivity index (χ1v) is 7.94. The first-order chi connectivity index (χ1) is 9.85. The summed E-state index contributed by atoms with van der Waals surface area (Å²) in [5.41, 5.74) is 0.841. The highest BCUT2D eigenvalue weighted by molar-refractivity contribution is 7.97. The van der Waals surface area contributed by atoms with E-state index >= 15 is 0 Å². The van der Waals surface area contributed by atoms with Gasteiger partial charge in [0.2, 0.25) is 0 Å². The van der Waals surface area contributed by atoms with Crippen molar-refractivity contribution in [3.05, 3.63) is 23.9 Å². The number of ether oxygens (including phenoxy) is 1.